The Morgan fingerprint density at radius 1 is 0.636 bits per heavy atom. The molecule has 0 radical (unpaired) electrons. The number of hydroxylamine groups is 2. The van der Waals surface area contributed by atoms with E-state index in [-0.39, 0.29) is 0 Å². The van der Waals surface area contributed by atoms with Crippen LogP contribution in [0, 0.1) is 0 Å². The topological polar surface area (TPSA) is 43.7 Å². The average Bonchev–Trinajstić information content (AvgIpc) is 2.87. The first-order valence-electron chi connectivity index (χ1n) is 11.2. The maximum Gasteiger partial charge on any atom is 0.0857 e. The quantitative estimate of drug-likeness (QED) is 0.310. The molecule has 1 unspecified atom stereocenters. The van der Waals surface area contributed by atoms with E-state index in [0.717, 1.165) is 22.3 Å². The predicted molar refractivity (Wildman–Crippen MR) is 134 cm³/mol. The zero-order valence-corrected chi connectivity index (χ0v) is 18.5. The molecule has 2 N–H and O–H groups in total. The number of benzene rings is 4. The Labute approximate surface area is 195 Å². The van der Waals surface area contributed by atoms with Crippen LogP contribution in [-0.4, -0.2) is 27.5 Å². The molecule has 0 fully saturated rings. The first kappa shape index (κ1) is 22.7. The van der Waals surface area contributed by atoms with Crippen LogP contribution in [0.25, 0.3) is 6.08 Å². The fourth-order valence-corrected chi connectivity index (χ4v) is 4.08. The van der Waals surface area contributed by atoms with Gasteiger partial charge in [0.1, 0.15) is 0 Å². The Hall–Kier alpha value is -3.50. The lowest BCUT2D eigenvalue weighted by Gasteiger charge is -2.35. The molecule has 4 aromatic carbocycles. The lowest BCUT2D eigenvalue weighted by atomic mass is 9.94. The zero-order chi connectivity index (χ0) is 22.9. The van der Waals surface area contributed by atoms with Crippen molar-refractivity contribution < 1.29 is 10.3 Å². The second-order valence-corrected chi connectivity index (χ2v) is 8.12. The molecule has 33 heavy (non-hydrogen) atoms. The maximum absolute atomic E-state index is 11.6. The summed E-state index contributed by atoms with van der Waals surface area (Å²) in [6.07, 6.45) is 3.46. The van der Waals surface area contributed by atoms with Crippen molar-refractivity contribution in [1.29, 1.82) is 0 Å². The van der Waals surface area contributed by atoms with Crippen molar-refractivity contribution in [2.24, 2.45) is 0 Å². The van der Waals surface area contributed by atoms with Gasteiger partial charge in [-0.2, -0.15) is 5.06 Å². The highest BCUT2D eigenvalue weighted by Gasteiger charge is 2.31. The summed E-state index contributed by atoms with van der Waals surface area (Å²) in [6, 6.07) is 38.5. The summed E-state index contributed by atoms with van der Waals surface area (Å²) >= 11 is 0. The summed E-state index contributed by atoms with van der Waals surface area (Å²) in [7, 11) is 0. The number of aliphatic hydroxyl groups excluding tert-OH is 1. The minimum Gasteiger partial charge on any atom is -0.391 e. The molecule has 3 heteroatoms. The van der Waals surface area contributed by atoms with Crippen LogP contribution in [-0.2, 0) is 6.42 Å². The molecular weight excluding hydrogens is 406 g/mol. The van der Waals surface area contributed by atoms with Gasteiger partial charge in [0.25, 0.3) is 0 Å². The normalized spacial score (nSPS) is 13.5. The summed E-state index contributed by atoms with van der Waals surface area (Å²) in [4.78, 5) is 0. The number of aliphatic hydroxyl groups is 1. The standard InChI is InChI=1S/C30H29NO2/c32-29(23-25-15-7-2-8-16-25)28(22-21-24-13-5-1-6-14-24)31(33)30(26-17-9-3-10-18-26)27-19-11-4-12-20-27/h1-22,28-30,32-33H,23H2/b22-21+/t28?,29-/m0/s1. The van der Waals surface area contributed by atoms with Crippen molar-refractivity contribution in [2.45, 2.75) is 24.6 Å². The Morgan fingerprint density at radius 2 is 1.09 bits per heavy atom. The zero-order valence-electron chi connectivity index (χ0n) is 18.5. The Morgan fingerprint density at radius 3 is 1.61 bits per heavy atom. The van der Waals surface area contributed by atoms with Crippen LogP contribution in [0.5, 0.6) is 0 Å². The molecule has 4 rings (SSSR count). The molecule has 3 nitrogen and oxygen atoms in total. The van der Waals surface area contributed by atoms with Gasteiger partial charge in [0, 0.05) is 6.42 Å². The Bertz CT molecular complexity index is 1080. The highest BCUT2D eigenvalue weighted by Crippen LogP contribution is 2.30. The molecule has 0 saturated heterocycles. The van der Waals surface area contributed by atoms with Gasteiger partial charge in [-0.15, -0.1) is 0 Å². The molecule has 0 aliphatic rings. The third-order valence-corrected chi connectivity index (χ3v) is 5.77. The number of rotatable bonds is 9. The van der Waals surface area contributed by atoms with E-state index in [0.29, 0.717) is 6.42 Å². The van der Waals surface area contributed by atoms with E-state index in [4.69, 9.17) is 0 Å². The molecule has 0 saturated carbocycles. The van der Waals surface area contributed by atoms with Crippen LogP contribution < -0.4 is 0 Å². The van der Waals surface area contributed by atoms with Crippen LogP contribution in [0.15, 0.2) is 127 Å². The Kier molecular flexibility index (Phi) is 7.83. The molecule has 166 valence electrons. The minimum absolute atomic E-state index is 0.428. The smallest absolute Gasteiger partial charge is 0.0857 e. The monoisotopic (exact) mass is 435 g/mol. The van der Waals surface area contributed by atoms with Gasteiger partial charge in [-0.25, -0.2) is 0 Å². The summed E-state index contributed by atoms with van der Waals surface area (Å²) < 4.78 is 0. The average molecular weight is 436 g/mol. The molecule has 0 spiro atoms. The van der Waals surface area contributed by atoms with E-state index in [9.17, 15) is 10.3 Å². The molecule has 0 bridgehead atoms. The van der Waals surface area contributed by atoms with Gasteiger partial charge < -0.3 is 10.3 Å². The van der Waals surface area contributed by atoms with Crippen molar-refractivity contribution in [3.8, 4) is 0 Å². The predicted octanol–water partition coefficient (Wildman–Crippen LogP) is 6.15. The van der Waals surface area contributed by atoms with E-state index in [1.165, 1.54) is 5.06 Å². The second-order valence-electron chi connectivity index (χ2n) is 8.12. The van der Waals surface area contributed by atoms with Crippen LogP contribution in [0.1, 0.15) is 28.3 Å². The molecule has 0 heterocycles. The first-order valence-corrected chi connectivity index (χ1v) is 11.2. The van der Waals surface area contributed by atoms with Gasteiger partial charge in [-0.3, -0.25) is 0 Å². The molecule has 2 atom stereocenters. The van der Waals surface area contributed by atoms with Crippen molar-refractivity contribution in [1.82, 2.24) is 5.06 Å². The van der Waals surface area contributed by atoms with Gasteiger partial charge in [0.2, 0.25) is 0 Å². The lowest BCUT2D eigenvalue weighted by molar-refractivity contribution is -0.162. The maximum atomic E-state index is 11.6. The van der Waals surface area contributed by atoms with E-state index >= 15 is 0 Å². The van der Waals surface area contributed by atoms with Crippen LogP contribution >= 0.6 is 0 Å². The van der Waals surface area contributed by atoms with E-state index < -0.39 is 18.2 Å². The summed E-state index contributed by atoms with van der Waals surface area (Å²) in [6.45, 7) is 0. The highest BCUT2D eigenvalue weighted by atomic mass is 16.5. The minimum atomic E-state index is -0.813. The highest BCUT2D eigenvalue weighted by molar-refractivity contribution is 5.50. The van der Waals surface area contributed by atoms with Crippen LogP contribution in [0.3, 0.4) is 0 Å². The molecule has 4 aromatic rings. The number of nitrogens with zero attached hydrogens (tertiary/aromatic N) is 1. The lowest BCUT2D eigenvalue weighted by Crippen LogP contribution is -2.43. The Balaban J connectivity index is 1.70. The molecule has 0 aliphatic heterocycles. The third-order valence-electron chi connectivity index (χ3n) is 5.77. The fourth-order valence-electron chi connectivity index (χ4n) is 4.08. The van der Waals surface area contributed by atoms with E-state index in [2.05, 4.69) is 0 Å². The second kappa shape index (κ2) is 11.4. The van der Waals surface area contributed by atoms with Crippen molar-refractivity contribution in [3.05, 3.63) is 150 Å². The fraction of sp³-hybridized carbons (Fsp3) is 0.133. The first-order chi connectivity index (χ1) is 16.2. The van der Waals surface area contributed by atoms with Crippen LogP contribution in [0.4, 0.5) is 0 Å². The van der Waals surface area contributed by atoms with Gasteiger partial charge in [-0.1, -0.05) is 133 Å². The van der Waals surface area contributed by atoms with Gasteiger partial charge in [-0.05, 0) is 22.3 Å². The largest absolute Gasteiger partial charge is 0.391 e. The van der Waals surface area contributed by atoms with Crippen molar-refractivity contribution in [2.75, 3.05) is 0 Å². The molecular formula is C30H29NO2. The van der Waals surface area contributed by atoms with Crippen molar-refractivity contribution in [3.63, 3.8) is 0 Å². The molecule has 0 aliphatic carbocycles. The third kappa shape index (κ3) is 6.05. The van der Waals surface area contributed by atoms with E-state index in [1.807, 2.05) is 133 Å². The van der Waals surface area contributed by atoms with Gasteiger partial charge in [0.05, 0.1) is 18.2 Å². The number of hydrogen-bond donors (Lipinski definition) is 2. The van der Waals surface area contributed by atoms with E-state index in [1.54, 1.807) is 0 Å². The summed E-state index contributed by atoms with van der Waals surface area (Å²) in [5.41, 5.74) is 3.94. The summed E-state index contributed by atoms with van der Waals surface area (Å²) in [5.74, 6) is 0. The molecule has 0 aromatic heterocycles. The van der Waals surface area contributed by atoms with Crippen molar-refractivity contribution >= 4 is 6.08 Å². The van der Waals surface area contributed by atoms with Gasteiger partial charge in [0.15, 0.2) is 0 Å². The summed E-state index contributed by atoms with van der Waals surface area (Å²) in [5, 5.41) is 24.2. The number of hydrogen-bond acceptors (Lipinski definition) is 3. The SMILES string of the molecule is O[C@@H](Cc1ccccc1)C(/C=C/c1ccccc1)N(O)C(c1ccccc1)c1ccccc1. The molecule has 0 amide bonds. The van der Waals surface area contributed by atoms with Crippen LogP contribution in [0.2, 0.25) is 0 Å². The van der Waals surface area contributed by atoms with Gasteiger partial charge >= 0.3 is 0 Å².